The van der Waals surface area contributed by atoms with Crippen molar-refractivity contribution >= 4 is 35.8 Å². The number of hydrogen-bond acceptors (Lipinski definition) is 4. The van der Waals surface area contributed by atoms with Crippen molar-refractivity contribution in [2.45, 2.75) is 19.5 Å². The molecule has 1 amide bonds. The minimum atomic E-state index is -0.0665. The van der Waals surface area contributed by atoms with Crippen LogP contribution in [0.1, 0.15) is 27.0 Å². The van der Waals surface area contributed by atoms with E-state index in [1.165, 1.54) is 11.1 Å². The molecule has 1 aliphatic heterocycles. The number of amides is 1. The van der Waals surface area contributed by atoms with Gasteiger partial charge < -0.3 is 20.7 Å². The van der Waals surface area contributed by atoms with Gasteiger partial charge in [0, 0.05) is 52.4 Å². The second kappa shape index (κ2) is 14.1. The van der Waals surface area contributed by atoms with Gasteiger partial charge in [0.05, 0.1) is 13.2 Å². The minimum Gasteiger partial charge on any atom is -0.379 e. The lowest BCUT2D eigenvalue weighted by molar-refractivity contribution is 0.0342. The van der Waals surface area contributed by atoms with Gasteiger partial charge in [0.15, 0.2) is 5.96 Å². The van der Waals surface area contributed by atoms with E-state index in [-0.39, 0.29) is 29.9 Å². The predicted molar refractivity (Wildman–Crippen MR) is 140 cm³/mol. The zero-order valence-electron chi connectivity index (χ0n) is 18.9. The van der Waals surface area contributed by atoms with E-state index in [1.807, 2.05) is 24.3 Å². The summed E-state index contributed by atoms with van der Waals surface area (Å²) in [7, 11) is 3.42. The van der Waals surface area contributed by atoms with E-state index in [9.17, 15) is 4.79 Å². The molecule has 1 aliphatic rings. The number of carbonyl (C=O) groups excluding carboxylic acids is 1. The highest BCUT2D eigenvalue weighted by Gasteiger charge is 2.11. The van der Waals surface area contributed by atoms with Gasteiger partial charge in [0.2, 0.25) is 0 Å². The molecule has 7 nitrogen and oxygen atoms in total. The topological polar surface area (TPSA) is 78.0 Å². The first kappa shape index (κ1) is 26.1. The lowest BCUT2D eigenvalue weighted by Crippen LogP contribution is -2.38. The summed E-state index contributed by atoms with van der Waals surface area (Å²) in [5, 5.41) is 9.39. The number of rotatable bonds is 8. The molecule has 1 heterocycles. The summed E-state index contributed by atoms with van der Waals surface area (Å²) in [6, 6.07) is 16.4. The number of nitrogens with one attached hydrogen (secondary N) is 3. The van der Waals surface area contributed by atoms with E-state index in [0.717, 1.165) is 57.3 Å². The largest absolute Gasteiger partial charge is 0.379 e. The third-order valence-electron chi connectivity index (χ3n) is 5.31. The number of hydrogen-bond donors (Lipinski definition) is 3. The van der Waals surface area contributed by atoms with E-state index >= 15 is 0 Å². The molecule has 0 aromatic heterocycles. The zero-order valence-corrected chi connectivity index (χ0v) is 21.2. The Kier molecular flexibility index (Phi) is 11.5. The number of halogens is 1. The number of guanidine groups is 1. The van der Waals surface area contributed by atoms with Gasteiger partial charge in [-0.3, -0.25) is 14.7 Å². The molecule has 8 heteroatoms. The van der Waals surface area contributed by atoms with Crippen LogP contribution >= 0.6 is 24.0 Å². The summed E-state index contributed by atoms with van der Waals surface area (Å²) >= 11 is 0. The quantitative estimate of drug-likeness (QED) is 0.267. The van der Waals surface area contributed by atoms with Crippen LogP contribution in [-0.2, 0) is 24.2 Å². The molecule has 0 aliphatic carbocycles. The fraction of sp³-hybridized carbons (Fsp3) is 0.417. The Morgan fingerprint density at radius 2 is 1.75 bits per heavy atom. The maximum atomic E-state index is 11.8. The monoisotopic (exact) mass is 551 g/mol. The minimum absolute atomic E-state index is 0. The molecule has 2 aromatic rings. The van der Waals surface area contributed by atoms with E-state index in [0.29, 0.717) is 12.1 Å². The van der Waals surface area contributed by atoms with Gasteiger partial charge >= 0.3 is 0 Å². The fourth-order valence-corrected chi connectivity index (χ4v) is 3.60. The first-order valence-corrected chi connectivity index (χ1v) is 10.8. The van der Waals surface area contributed by atoms with Crippen LogP contribution in [0, 0.1) is 0 Å². The third kappa shape index (κ3) is 8.40. The van der Waals surface area contributed by atoms with Gasteiger partial charge in [-0.05, 0) is 35.2 Å². The van der Waals surface area contributed by atoms with Crippen LogP contribution in [0.2, 0.25) is 0 Å². The van der Waals surface area contributed by atoms with Crippen molar-refractivity contribution in [3.63, 3.8) is 0 Å². The van der Waals surface area contributed by atoms with Crippen LogP contribution in [0.4, 0.5) is 0 Å². The molecule has 174 valence electrons. The number of nitrogens with zero attached hydrogens (tertiary/aromatic N) is 2. The van der Waals surface area contributed by atoms with Gasteiger partial charge in [-0.1, -0.05) is 36.4 Å². The number of aliphatic imine (C=N–C) groups is 1. The highest BCUT2D eigenvalue weighted by molar-refractivity contribution is 14.0. The molecule has 0 saturated carbocycles. The van der Waals surface area contributed by atoms with Crippen molar-refractivity contribution in [2.75, 3.05) is 46.9 Å². The van der Waals surface area contributed by atoms with Crippen LogP contribution in [0.5, 0.6) is 0 Å². The Morgan fingerprint density at radius 3 is 2.50 bits per heavy atom. The highest BCUT2D eigenvalue weighted by atomic mass is 127. The number of carbonyl (C=O) groups is 1. The summed E-state index contributed by atoms with van der Waals surface area (Å²) in [6.45, 7) is 6.02. The summed E-state index contributed by atoms with van der Waals surface area (Å²) in [6.07, 6.45) is 0.806. The normalized spacial score (nSPS) is 14.4. The lowest BCUT2D eigenvalue weighted by atomic mass is 10.1. The SMILES string of the molecule is CN=C(NCCc1cccc(C(=O)NC)c1)NCc1cccc(CN2CCOCC2)c1.I. The first-order chi connectivity index (χ1) is 15.2. The summed E-state index contributed by atoms with van der Waals surface area (Å²) in [5.74, 6) is 0.698. The van der Waals surface area contributed by atoms with Crippen molar-refractivity contribution < 1.29 is 9.53 Å². The van der Waals surface area contributed by atoms with Gasteiger partial charge in [-0.2, -0.15) is 0 Å². The van der Waals surface area contributed by atoms with Gasteiger partial charge in [-0.15, -0.1) is 24.0 Å². The van der Waals surface area contributed by atoms with Crippen molar-refractivity contribution in [2.24, 2.45) is 4.99 Å². The van der Waals surface area contributed by atoms with E-state index in [2.05, 4.69) is 50.1 Å². The molecule has 0 unspecified atom stereocenters. The Balaban J connectivity index is 0.00000363. The molecule has 32 heavy (non-hydrogen) atoms. The second-order valence-electron chi connectivity index (χ2n) is 7.59. The average molecular weight is 551 g/mol. The maximum Gasteiger partial charge on any atom is 0.251 e. The fourth-order valence-electron chi connectivity index (χ4n) is 3.60. The van der Waals surface area contributed by atoms with E-state index in [1.54, 1.807) is 14.1 Å². The molecule has 3 rings (SSSR count). The predicted octanol–water partition coefficient (Wildman–Crippen LogP) is 2.40. The smallest absolute Gasteiger partial charge is 0.251 e. The van der Waals surface area contributed by atoms with Crippen LogP contribution in [0.25, 0.3) is 0 Å². The lowest BCUT2D eigenvalue weighted by Gasteiger charge is -2.26. The third-order valence-corrected chi connectivity index (χ3v) is 5.31. The number of benzene rings is 2. The van der Waals surface area contributed by atoms with Crippen LogP contribution in [0.15, 0.2) is 53.5 Å². The standard InChI is InChI=1S/C24H33N5O2.HI/c1-25-23(30)22-8-4-5-19(16-22)9-10-27-24(26-2)28-17-20-6-3-7-21(15-20)18-29-11-13-31-14-12-29;/h3-8,15-16H,9-14,17-18H2,1-2H3,(H,25,30)(H2,26,27,28);1H. The number of ether oxygens (including phenoxy) is 1. The Bertz CT molecular complexity index is 884. The second-order valence-corrected chi connectivity index (χ2v) is 7.59. The molecule has 2 aromatic carbocycles. The molecule has 0 spiro atoms. The van der Waals surface area contributed by atoms with Gasteiger partial charge in [0.1, 0.15) is 0 Å². The number of morpholine rings is 1. The van der Waals surface area contributed by atoms with E-state index < -0.39 is 0 Å². The van der Waals surface area contributed by atoms with Crippen molar-refractivity contribution in [1.82, 2.24) is 20.9 Å². The zero-order chi connectivity index (χ0) is 21.9. The van der Waals surface area contributed by atoms with Gasteiger partial charge in [-0.25, -0.2) is 0 Å². The summed E-state index contributed by atoms with van der Waals surface area (Å²) < 4.78 is 5.43. The van der Waals surface area contributed by atoms with Crippen LogP contribution in [-0.4, -0.2) is 63.7 Å². The van der Waals surface area contributed by atoms with Crippen molar-refractivity contribution in [3.8, 4) is 0 Å². The van der Waals surface area contributed by atoms with E-state index in [4.69, 9.17) is 4.74 Å². The Hall–Kier alpha value is -2.17. The molecule has 1 saturated heterocycles. The molecule has 0 radical (unpaired) electrons. The average Bonchev–Trinajstić information content (AvgIpc) is 2.82. The molecule has 1 fully saturated rings. The molecular formula is C24H34IN5O2. The Labute approximate surface area is 208 Å². The maximum absolute atomic E-state index is 11.8. The van der Waals surface area contributed by atoms with Crippen LogP contribution in [0.3, 0.4) is 0 Å². The molecular weight excluding hydrogens is 517 g/mol. The molecule has 0 atom stereocenters. The van der Waals surface area contributed by atoms with Crippen molar-refractivity contribution in [3.05, 3.63) is 70.8 Å². The summed E-state index contributed by atoms with van der Waals surface area (Å²) in [5.41, 5.74) is 4.34. The van der Waals surface area contributed by atoms with Gasteiger partial charge in [0.25, 0.3) is 5.91 Å². The first-order valence-electron chi connectivity index (χ1n) is 10.8. The van der Waals surface area contributed by atoms with Crippen LogP contribution < -0.4 is 16.0 Å². The summed E-state index contributed by atoms with van der Waals surface area (Å²) in [4.78, 5) is 18.5. The molecule has 0 bridgehead atoms. The molecule has 3 N–H and O–H groups in total. The van der Waals surface area contributed by atoms with Crippen molar-refractivity contribution in [1.29, 1.82) is 0 Å². The Morgan fingerprint density at radius 1 is 1.03 bits per heavy atom. The highest BCUT2D eigenvalue weighted by Crippen LogP contribution is 2.10.